The van der Waals surface area contributed by atoms with Crippen LogP contribution in [-0.2, 0) is 0 Å². The van der Waals surface area contributed by atoms with E-state index >= 15 is 0 Å². The molecular formula is C17H29N3O. The Bertz CT molecular complexity index is 423. The minimum atomic E-state index is 0.407. The van der Waals surface area contributed by atoms with Gasteiger partial charge < -0.3 is 9.84 Å². The molecule has 0 bridgehead atoms. The van der Waals surface area contributed by atoms with Crippen LogP contribution in [0, 0.1) is 0 Å². The maximum Gasteiger partial charge on any atom is 0.231 e. The molecule has 0 radical (unpaired) electrons. The molecule has 0 aromatic carbocycles. The van der Waals surface area contributed by atoms with Gasteiger partial charge in [0.05, 0.1) is 5.92 Å². The van der Waals surface area contributed by atoms with E-state index in [9.17, 15) is 0 Å². The zero-order valence-electron chi connectivity index (χ0n) is 13.3. The lowest BCUT2D eigenvalue weighted by atomic mass is 9.94. The molecule has 1 aromatic heterocycles. The third-order valence-corrected chi connectivity index (χ3v) is 5.38. The molecule has 4 heteroatoms. The first kappa shape index (κ1) is 15.0. The van der Waals surface area contributed by atoms with Crippen molar-refractivity contribution in [2.75, 3.05) is 7.05 Å². The topological polar surface area (TPSA) is 51.0 Å². The summed E-state index contributed by atoms with van der Waals surface area (Å²) in [5, 5.41) is 7.81. The number of hydrogen-bond acceptors (Lipinski definition) is 4. The largest absolute Gasteiger partial charge is 0.339 e. The standard InChI is InChI=1S/C17H29N3O/c1-18-15-12-8-4-7-11-14(15)17-19-16(20-21-17)13-9-5-2-3-6-10-13/h13-15,18H,2-12H2,1H3. The number of hydrogen-bond donors (Lipinski definition) is 1. The number of rotatable bonds is 3. The van der Waals surface area contributed by atoms with E-state index in [1.54, 1.807) is 0 Å². The van der Waals surface area contributed by atoms with Gasteiger partial charge in [0.25, 0.3) is 0 Å². The molecule has 0 saturated heterocycles. The Morgan fingerprint density at radius 2 is 1.57 bits per heavy atom. The maximum absolute atomic E-state index is 5.68. The fourth-order valence-electron chi connectivity index (χ4n) is 4.05. The summed E-state index contributed by atoms with van der Waals surface area (Å²) in [5.74, 6) is 2.80. The highest BCUT2D eigenvalue weighted by Crippen LogP contribution is 2.34. The Labute approximate surface area is 128 Å². The predicted octanol–water partition coefficient (Wildman–Crippen LogP) is 4.14. The highest BCUT2D eigenvalue weighted by atomic mass is 16.5. The molecule has 4 nitrogen and oxygen atoms in total. The molecule has 2 unspecified atom stereocenters. The maximum atomic E-state index is 5.68. The summed E-state index contributed by atoms with van der Waals surface area (Å²) >= 11 is 0. The van der Waals surface area contributed by atoms with Crippen LogP contribution in [-0.4, -0.2) is 23.2 Å². The number of aromatic nitrogens is 2. The SMILES string of the molecule is CNC1CCCCCC1c1nc(C2CCCCCC2)no1. The molecule has 2 atom stereocenters. The van der Waals surface area contributed by atoms with E-state index in [-0.39, 0.29) is 0 Å². The number of nitrogens with zero attached hydrogens (tertiary/aromatic N) is 2. The van der Waals surface area contributed by atoms with Crippen LogP contribution in [0.3, 0.4) is 0 Å². The average molecular weight is 291 g/mol. The molecule has 1 N–H and O–H groups in total. The predicted molar refractivity (Wildman–Crippen MR) is 83.4 cm³/mol. The van der Waals surface area contributed by atoms with Gasteiger partial charge in [0.15, 0.2) is 5.82 Å². The van der Waals surface area contributed by atoms with Gasteiger partial charge in [-0.2, -0.15) is 4.98 Å². The van der Waals surface area contributed by atoms with Crippen molar-refractivity contribution >= 4 is 0 Å². The molecule has 1 aromatic rings. The van der Waals surface area contributed by atoms with Crippen molar-refractivity contribution in [1.29, 1.82) is 0 Å². The van der Waals surface area contributed by atoms with Crippen molar-refractivity contribution < 1.29 is 4.52 Å². The van der Waals surface area contributed by atoms with E-state index in [0.29, 0.717) is 17.9 Å². The van der Waals surface area contributed by atoms with Crippen LogP contribution in [0.1, 0.15) is 94.2 Å². The van der Waals surface area contributed by atoms with Crippen LogP contribution in [0.4, 0.5) is 0 Å². The summed E-state index contributed by atoms with van der Waals surface area (Å²) in [6.45, 7) is 0. The van der Waals surface area contributed by atoms with Gasteiger partial charge in [-0.3, -0.25) is 0 Å². The van der Waals surface area contributed by atoms with E-state index in [0.717, 1.165) is 11.7 Å². The molecule has 2 aliphatic carbocycles. The zero-order valence-corrected chi connectivity index (χ0v) is 13.3. The first-order chi connectivity index (χ1) is 10.4. The second-order valence-corrected chi connectivity index (χ2v) is 6.82. The third-order valence-electron chi connectivity index (χ3n) is 5.38. The van der Waals surface area contributed by atoms with Crippen molar-refractivity contribution in [3.63, 3.8) is 0 Å². The Balaban J connectivity index is 1.73. The first-order valence-electron chi connectivity index (χ1n) is 8.89. The lowest BCUT2D eigenvalue weighted by molar-refractivity contribution is 0.307. The van der Waals surface area contributed by atoms with Gasteiger partial charge in [0, 0.05) is 12.0 Å². The molecule has 2 fully saturated rings. The summed E-state index contributed by atoms with van der Waals surface area (Å²) in [6, 6.07) is 0.495. The van der Waals surface area contributed by atoms with Gasteiger partial charge in [-0.05, 0) is 32.7 Å². The van der Waals surface area contributed by atoms with Gasteiger partial charge >= 0.3 is 0 Å². The van der Waals surface area contributed by atoms with Crippen LogP contribution >= 0.6 is 0 Å². The average Bonchev–Trinajstić information content (AvgIpc) is 2.73. The Morgan fingerprint density at radius 3 is 2.33 bits per heavy atom. The van der Waals surface area contributed by atoms with Crippen LogP contribution in [0.15, 0.2) is 4.52 Å². The normalized spacial score (nSPS) is 29.0. The zero-order chi connectivity index (χ0) is 14.5. The van der Waals surface area contributed by atoms with Crippen molar-refractivity contribution in [3.05, 3.63) is 11.7 Å². The summed E-state index contributed by atoms with van der Waals surface area (Å²) in [7, 11) is 2.06. The van der Waals surface area contributed by atoms with Gasteiger partial charge in [-0.1, -0.05) is 50.1 Å². The van der Waals surface area contributed by atoms with E-state index < -0.39 is 0 Å². The lowest BCUT2D eigenvalue weighted by Crippen LogP contribution is -2.31. The van der Waals surface area contributed by atoms with Crippen molar-refractivity contribution in [2.45, 2.75) is 88.5 Å². The Hall–Kier alpha value is -0.900. The second-order valence-electron chi connectivity index (χ2n) is 6.82. The molecule has 2 aliphatic rings. The molecular weight excluding hydrogens is 262 g/mol. The quantitative estimate of drug-likeness (QED) is 0.850. The van der Waals surface area contributed by atoms with Crippen LogP contribution in [0.2, 0.25) is 0 Å². The van der Waals surface area contributed by atoms with Gasteiger partial charge in [0.2, 0.25) is 5.89 Å². The lowest BCUT2D eigenvalue weighted by Gasteiger charge is -2.21. The molecule has 1 heterocycles. The van der Waals surface area contributed by atoms with Crippen LogP contribution < -0.4 is 5.32 Å². The van der Waals surface area contributed by atoms with E-state index in [2.05, 4.69) is 17.5 Å². The second kappa shape index (κ2) is 7.39. The molecule has 3 rings (SSSR count). The molecule has 21 heavy (non-hydrogen) atoms. The van der Waals surface area contributed by atoms with Gasteiger partial charge in [-0.15, -0.1) is 0 Å². The summed E-state index contributed by atoms with van der Waals surface area (Å²) < 4.78 is 5.68. The number of nitrogens with one attached hydrogen (secondary N) is 1. The van der Waals surface area contributed by atoms with Crippen molar-refractivity contribution in [2.24, 2.45) is 0 Å². The first-order valence-corrected chi connectivity index (χ1v) is 8.89. The summed E-state index contributed by atoms with van der Waals surface area (Å²) in [5.41, 5.74) is 0. The molecule has 0 aliphatic heterocycles. The van der Waals surface area contributed by atoms with Gasteiger partial charge in [0.1, 0.15) is 0 Å². The van der Waals surface area contributed by atoms with Crippen LogP contribution in [0.5, 0.6) is 0 Å². The third kappa shape index (κ3) is 3.65. The molecule has 118 valence electrons. The fraction of sp³-hybridized carbons (Fsp3) is 0.882. The van der Waals surface area contributed by atoms with Gasteiger partial charge in [-0.25, -0.2) is 0 Å². The Kier molecular flexibility index (Phi) is 5.28. The minimum absolute atomic E-state index is 0.407. The van der Waals surface area contributed by atoms with Crippen molar-refractivity contribution in [1.82, 2.24) is 15.5 Å². The molecule has 0 amide bonds. The highest BCUT2D eigenvalue weighted by molar-refractivity contribution is 5.03. The molecule has 2 saturated carbocycles. The summed E-state index contributed by atoms with van der Waals surface area (Å²) in [6.07, 6.45) is 14.2. The highest BCUT2D eigenvalue weighted by Gasteiger charge is 2.30. The molecule has 0 spiro atoms. The summed E-state index contributed by atoms with van der Waals surface area (Å²) in [4.78, 5) is 4.82. The van der Waals surface area contributed by atoms with E-state index in [4.69, 9.17) is 9.51 Å². The van der Waals surface area contributed by atoms with Crippen LogP contribution in [0.25, 0.3) is 0 Å². The van der Waals surface area contributed by atoms with E-state index in [1.807, 2.05) is 0 Å². The smallest absolute Gasteiger partial charge is 0.231 e. The van der Waals surface area contributed by atoms with Crippen molar-refractivity contribution in [3.8, 4) is 0 Å². The minimum Gasteiger partial charge on any atom is -0.339 e. The monoisotopic (exact) mass is 291 g/mol. The Morgan fingerprint density at radius 1 is 0.905 bits per heavy atom. The fourth-order valence-corrected chi connectivity index (χ4v) is 4.05. The number of likely N-dealkylation sites (N-methyl/N-ethyl adjacent to an activating group) is 1. The van der Waals surface area contributed by atoms with E-state index in [1.165, 1.54) is 70.6 Å².